The first kappa shape index (κ1) is 17.8. The van der Waals surface area contributed by atoms with Gasteiger partial charge in [0, 0.05) is 5.69 Å². The molecular weight excluding hydrogens is 352 g/mol. The van der Waals surface area contributed by atoms with Gasteiger partial charge in [0.15, 0.2) is 0 Å². The number of carbonyl (C=O) groups excluding carboxylic acids is 2. The van der Waals surface area contributed by atoms with Gasteiger partial charge in [-0.15, -0.1) is 0 Å². The summed E-state index contributed by atoms with van der Waals surface area (Å²) in [5, 5.41) is 0. The van der Waals surface area contributed by atoms with Crippen LogP contribution in [0.1, 0.15) is 11.6 Å². The largest absolute Gasteiger partial charge is 0.495 e. The van der Waals surface area contributed by atoms with E-state index in [1.807, 2.05) is 72.8 Å². The highest BCUT2D eigenvalue weighted by Gasteiger charge is 2.42. The zero-order valence-electron chi connectivity index (χ0n) is 15.5. The fourth-order valence-electron chi connectivity index (χ4n) is 3.56. The third kappa shape index (κ3) is 3.11. The maximum atomic E-state index is 13.6. The summed E-state index contributed by atoms with van der Waals surface area (Å²) in [7, 11) is 1.56. The lowest BCUT2D eigenvalue weighted by molar-refractivity contribution is -0.128. The Kier molecular flexibility index (Phi) is 4.81. The number of hydrogen-bond donors (Lipinski definition) is 0. The first-order chi connectivity index (χ1) is 13.7. The molecule has 1 heterocycles. The van der Waals surface area contributed by atoms with E-state index in [2.05, 4.69) is 0 Å². The lowest BCUT2D eigenvalue weighted by Gasteiger charge is -2.40. The number of methoxy groups -OCH3 is 1. The van der Waals surface area contributed by atoms with Gasteiger partial charge in [-0.3, -0.25) is 19.4 Å². The topological polar surface area (TPSA) is 49.9 Å². The van der Waals surface area contributed by atoms with Gasteiger partial charge < -0.3 is 4.74 Å². The number of nitrogens with zero attached hydrogens (tertiary/aromatic N) is 2. The molecular formula is C23H20N2O3. The summed E-state index contributed by atoms with van der Waals surface area (Å²) in [4.78, 5) is 29.9. The zero-order chi connectivity index (χ0) is 19.5. The first-order valence-corrected chi connectivity index (χ1v) is 9.07. The molecule has 0 spiro atoms. The van der Waals surface area contributed by atoms with Crippen molar-refractivity contribution in [3.8, 4) is 5.75 Å². The Bertz CT molecular complexity index is 989. The van der Waals surface area contributed by atoms with Crippen molar-refractivity contribution < 1.29 is 14.3 Å². The monoisotopic (exact) mass is 372 g/mol. The molecule has 5 nitrogen and oxygen atoms in total. The highest BCUT2D eigenvalue weighted by Crippen LogP contribution is 2.37. The molecule has 0 aromatic heterocycles. The molecule has 0 saturated carbocycles. The minimum Gasteiger partial charge on any atom is -0.495 e. The van der Waals surface area contributed by atoms with Crippen molar-refractivity contribution in [2.75, 3.05) is 23.5 Å². The smallest absolute Gasteiger partial charge is 0.255 e. The number of ether oxygens (including phenoxy) is 1. The average Bonchev–Trinajstić information content (AvgIpc) is 2.76. The predicted molar refractivity (Wildman–Crippen MR) is 108 cm³/mol. The Hall–Kier alpha value is -3.60. The second kappa shape index (κ2) is 7.56. The van der Waals surface area contributed by atoms with E-state index in [1.165, 1.54) is 4.90 Å². The minimum absolute atomic E-state index is 0.0442. The molecule has 0 aliphatic carbocycles. The van der Waals surface area contributed by atoms with E-state index in [-0.39, 0.29) is 18.4 Å². The SMILES string of the molecule is COc1ccccc1N1CC(=O)N(c2ccccc2)[C@H](c2ccccc2)C1=O. The average molecular weight is 372 g/mol. The third-order valence-corrected chi connectivity index (χ3v) is 4.85. The molecule has 5 heteroatoms. The summed E-state index contributed by atoms with van der Waals surface area (Å²) in [5.74, 6) is 0.244. The second-order valence-corrected chi connectivity index (χ2v) is 6.51. The number of hydrogen-bond acceptors (Lipinski definition) is 3. The van der Waals surface area contributed by atoms with Crippen molar-refractivity contribution in [2.24, 2.45) is 0 Å². The van der Waals surface area contributed by atoms with Gasteiger partial charge in [-0.25, -0.2) is 0 Å². The molecule has 1 atom stereocenters. The van der Waals surface area contributed by atoms with Crippen LogP contribution < -0.4 is 14.5 Å². The van der Waals surface area contributed by atoms with Crippen LogP contribution in [0, 0.1) is 0 Å². The van der Waals surface area contributed by atoms with Crippen LogP contribution in [0.5, 0.6) is 5.75 Å². The van der Waals surface area contributed by atoms with Crippen LogP contribution in [0.2, 0.25) is 0 Å². The molecule has 0 unspecified atom stereocenters. The van der Waals surface area contributed by atoms with Crippen molar-refractivity contribution in [1.82, 2.24) is 0 Å². The standard InChI is InChI=1S/C23H20N2O3/c1-28-20-15-9-8-14-19(20)24-16-21(26)25(18-12-6-3-7-13-18)22(23(24)27)17-10-4-2-5-11-17/h2-15,22H,16H2,1H3/t22-/m1/s1. The van der Waals surface area contributed by atoms with Gasteiger partial charge in [-0.1, -0.05) is 60.7 Å². The molecule has 0 N–H and O–H groups in total. The predicted octanol–water partition coefficient (Wildman–Crippen LogP) is 3.82. The summed E-state index contributed by atoms with van der Waals surface area (Å²) in [6, 6.07) is 25.2. The number of carbonyl (C=O) groups is 2. The van der Waals surface area contributed by atoms with Gasteiger partial charge in [-0.2, -0.15) is 0 Å². The molecule has 3 aromatic rings. The summed E-state index contributed by atoms with van der Waals surface area (Å²) in [6.45, 7) is -0.0442. The van der Waals surface area contributed by atoms with E-state index in [1.54, 1.807) is 24.1 Å². The summed E-state index contributed by atoms with van der Waals surface area (Å²) < 4.78 is 5.42. The van der Waals surface area contributed by atoms with E-state index >= 15 is 0 Å². The number of piperazine rings is 1. The molecule has 140 valence electrons. The minimum atomic E-state index is -0.741. The van der Waals surface area contributed by atoms with Crippen LogP contribution in [-0.2, 0) is 9.59 Å². The number of anilines is 2. The van der Waals surface area contributed by atoms with Gasteiger partial charge in [0.1, 0.15) is 18.3 Å². The molecule has 2 amide bonds. The number of rotatable bonds is 4. The highest BCUT2D eigenvalue weighted by molar-refractivity contribution is 6.14. The maximum absolute atomic E-state index is 13.6. The Morgan fingerprint density at radius 2 is 1.43 bits per heavy atom. The van der Waals surface area contributed by atoms with E-state index < -0.39 is 6.04 Å². The van der Waals surface area contributed by atoms with E-state index in [9.17, 15) is 9.59 Å². The highest BCUT2D eigenvalue weighted by atomic mass is 16.5. The molecule has 0 radical (unpaired) electrons. The molecule has 28 heavy (non-hydrogen) atoms. The molecule has 1 fully saturated rings. The third-order valence-electron chi connectivity index (χ3n) is 4.85. The van der Waals surface area contributed by atoms with Gasteiger partial charge in [0.05, 0.1) is 12.8 Å². The summed E-state index contributed by atoms with van der Waals surface area (Å²) in [6.07, 6.45) is 0. The lowest BCUT2D eigenvalue weighted by Crippen LogP contribution is -2.56. The number of benzene rings is 3. The molecule has 4 rings (SSSR count). The maximum Gasteiger partial charge on any atom is 0.255 e. The molecule has 1 aliphatic heterocycles. The van der Waals surface area contributed by atoms with E-state index in [0.29, 0.717) is 17.1 Å². The van der Waals surface area contributed by atoms with Crippen molar-refractivity contribution in [1.29, 1.82) is 0 Å². The van der Waals surface area contributed by atoms with Gasteiger partial charge >= 0.3 is 0 Å². The molecule has 1 saturated heterocycles. The van der Waals surface area contributed by atoms with Gasteiger partial charge in [0.2, 0.25) is 5.91 Å². The Labute approximate surface area is 163 Å². The van der Waals surface area contributed by atoms with Crippen LogP contribution in [-0.4, -0.2) is 25.5 Å². The van der Waals surface area contributed by atoms with E-state index in [0.717, 1.165) is 5.56 Å². The van der Waals surface area contributed by atoms with Crippen LogP contribution in [0.25, 0.3) is 0 Å². The normalized spacial score (nSPS) is 17.0. The van der Waals surface area contributed by atoms with Crippen molar-refractivity contribution >= 4 is 23.2 Å². The van der Waals surface area contributed by atoms with Crippen LogP contribution in [0.15, 0.2) is 84.9 Å². The van der Waals surface area contributed by atoms with E-state index in [4.69, 9.17) is 4.74 Å². The lowest BCUT2D eigenvalue weighted by atomic mass is 9.99. The molecule has 0 bridgehead atoms. The summed E-state index contributed by atoms with van der Waals surface area (Å²) in [5.41, 5.74) is 2.07. The van der Waals surface area contributed by atoms with Crippen molar-refractivity contribution in [3.63, 3.8) is 0 Å². The Morgan fingerprint density at radius 3 is 2.11 bits per heavy atom. The number of amides is 2. The summed E-state index contributed by atoms with van der Waals surface area (Å²) >= 11 is 0. The van der Waals surface area contributed by atoms with Crippen LogP contribution in [0.4, 0.5) is 11.4 Å². The zero-order valence-corrected chi connectivity index (χ0v) is 15.5. The first-order valence-electron chi connectivity index (χ1n) is 9.07. The molecule has 1 aliphatic rings. The fourth-order valence-corrected chi connectivity index (χ4v) is 3.56. The Balaban J connectivity index is 1.83. The number of para-hydroxylation sites is 3. The van der Waals surface area contributed by atoms with Crippen molar-refractivity contribution in [3.05, 3.63) is 90.5 Å². The van der Waals surface area contributed by atoms with Crippen molar-refractivity contribution in [2.45, 2.75) is 6.04 Å². The fraction of sp³-hybridized carbons (Fsp3) is 0.130. The van der Waals surface area contributed by atoms with Gasteiger partial charge in [0.25, 0.3) is 5.91 Å². The van der Waals surface area contributed by atoms with Crippen LogP contribution >= 0.6 is 0 Å². The molecule has 3 aromatic carbocycles. The quantitative estimate of drug-likeness (QED) is 0.700. The Morgan fingerprint density at radius 1 is 0.821 bits per heavy atom. The van der Waals surface area contributed by atoms with Crippen LogP contribution in [0.3, 0.4) is 0 Å². The van der Waals surface area contributed by atoms with Gasteiger partial charge in [-0.05, 0) is 29.8 Å². The second-order valence-electron chi connectivity index (χ2n) is 6.51.